The molecule has 4 nitrogen and oxygen atoms in total. The highest BCUT2D eigenvalue weighted by atomic mass is 16.2. The third-order valence-corrected chi connectivity index (χ3v) is 5.35. The Morgan fingerprint density at radius 1 is 1.25 bits per heavy atom. The summed E-state index contributed by atoms with van der Waals surface area (Å²) < 4.78 is 2.12. The van der Waals surface area contributed by atoms with Crippen LogP contribution in [0.1, 0.15) is 24.2 Å². The summed E-state index contributed by atoms with van der Waals surface area (Å²) in [5.41, 5.74) is 1.24. The summed E-state index contributed by atoms with van der Waals surface area (Å²) in [7, 11) is 1.90. The molecule has 0 aliphatic heterocycles. The Morgan fingerprint density at radius 3 is 2.79 bits per heavy atom. The van der Waals surface area contributed by atoms with E-state index in [1.165, 1.54) is 5.56 Å². The molecule has 1 fully saturated rings. The summed E-state index contributed by atoms with van der Waals surface area (Å²) in [4.78, 5) is 19.1. The van der Waals surface area contributed by atoms with Gasteiger partial charge in [0, 0.05) is 31.9 Å². The maximum absolute atomic E-state index is 12.8. The maximum Gasteiger partial charge on any atom is 0.226 e. The lowest BCUT2D eigenvalue weighted by atomic mass is 9.92. The number of hydrogen-bond acceptors (Lipinski definition) is 2. The predicted molar refractivity (Wildman–Crippen MR) is 93.1 cm³/mol. The molecule has 124 valence electrons. The molecule has 1 saturated carbocycles. The number of carbonyl (C=O) groups is 1. The Labute approximate surface area is 142 Å². The molecule has 3 atom stereocenters. The van der Waals surface area contributed by atoms with Crippen LogP contribution < -0.4 is 0 Å². The minimum atomic E-state index is 0.169. The van der Waals surface area contributed by atoms with Gasteiger partial charge in [-0.2, -0.15) is 0 Å². The van der Waals surface area contributed by atoms with E-state index >= 15 is 0 Å². The summed E-state index contributed by atoms with van der Waals surface area (Å²) in [6.07, 6.45) is 10.5. The van der Waals surface area contributed by atoms with E-state index in [1.54, 1.807) is 0 Å². The summed E-state index contributed by atoms with van der Waals surface area (Å²) >= 11 is 0. The van der Waals surface area contributed by atoms with Crippen LogP contribution in [0.2, 0.25) is 0 Å². The van der Waals surface area contributed by atoms with E-state index in [4.69, 9.17) is 0 Å². The topological polar surface area (TPSA) is 38.1 Å². The van der Waals surface area contributed by atoms with Crippen LogP contribution in [0, 0.1) is 17.8 Å². The van der Waals surface area contributed by atoms with Crippen molar-refractivity contribution < 1.29 is 4.79 Å². The van der Waals surface area contributed by atoms with E-state index in [0.29, 0.717) is 18.4 Å². The molecule has 2 aliphatic carbocycles. The first kappa shape index (κ1) is 15.2. The maximum atomic E-state index is 12.8. The van der Waals surface area contributed by atoms with Crippen LogP contribution in [-0.2, 0) is 17.9 Å². The van der Waals surface area contributed by atoms with E-state index < -0.39 is 0 Å². The van der Waals surface area contributed by atoms with Gasteiger partial charge < -0.3 is 9.47 Å². The molecule has 0 spiro atoms. The minimum absolute atomic E-state index is 0.169. The lowest BCUT2D eigenvalue weighted by Gasteiger charge is -2.24. The number of fused-ring (bicyclic) bond motifs is 2. The van der Waals surface area contributed by atoms with E-state index in [2.05, 4.69) is 33.8 Å². The van der Waals surface area contributed by atoms with Gasteiger partial charge in [0.15, 0.2) is 0 Å². The molecular weight excluding hydrogens is 298 g/mol. The molecule has 1 amide bonds. The number of imidazole rings is 1. The van der Waals surface area contributed by atoms with Gasteiger partial charge in [-0.25, -0.2) is 4.98 Å². The van der Waals surface area contributed by atoms with Gasteiger partial charge >= 0.3 is 0 Å². The number of aromatic nitrogens is 2. The molecule has 4 rings (SSSR count). The SMILES string of the molecule is CN(Cc1nccn1Cc1ccccc1)C(=O)[C@H]1C[C@H]2C=C[C@H]1C2. The van der Waals surface area contributed by atoms with Crippen molar-refractivity contribution in [2.24, 2.45) is 17.8 Å². The van der Waals surface area contributed by atoms with Gasteiger partial charge in [0.2, 0.25) is 5.91 Å². The van der Waals surface area contributed by atoms with Crippen molar-refractivity contribution in [2.45, 2.75) is 25.9 Å². The van der Waals surface area contributed by atoms with Crippen LogP contribution >= 0.6 is 0 Å². The highest BCUT2D eigenvalue weighted by molar-refractivity contribution is 5.79. The average Bonchev–Trinajstić information content (AvgIpc) is 3.33. The second kappa shape index (κ2) is 6.27. The molecule has 1 aromatic carbocycles. The fourth-order valence-electron chi connectivity index (χ4n) is 4.05. The molecule has 0 saturated heterocycles. The number of carbonyl (C=O) groups excluding carboxylic acids is 1. The summed E-state index contributed by atoms with van der Waals surface area (Å²) in [6.45, 7) is 1.35. The summed E-state index contributed by atoms with van der Waals surface area (Å²) in [6, 6.07) is 10.3. The Hall–Kier alpha value is -2.36. The molecule has 2 aliphatic rings. The number of amides is 1. The number of rotatable bonds is 5. The first-order valence-electron chi connectivity index (χ1n) is 8.68. The van der Waals surface area contributed by atoms with Crippen molar-refractivity contribution in [3.63, 3.8) is 0 Å². The van der Waals surface area contributed by atoms with Crippen molar-refractivity contribution in [1.82, 2.24) is 14.5 Å². The highest BCUT2D eigenvalue weighted by Gasteiger charge is 2.40. The van der Waals surface area contributed by atoms with Gasteiger partial charge in [-0.15, -0.1) is 0 Å². The van der Waals surface area contributed by atoms with Crippen LogP contribution in [0.25, 0.3) is 0 Å². The monoisotopic (exact) mass is 321 g/mol. The normalized spacial score (nSPS) is 24.5. The molecule has 4 heteroatoms. The summed E-state index contributed by atoms with van der Waals surface area (Å²) in [5, 5.41) is 0. The van der Waals surface area contributed by atoms with Crippen molar-refractivity contribution in [2.75, 3.05) is 7.05 Å². The lowest BCUT2D eigenvalue weighted by Crippen LogP contribution is -2.35. The zero-order valence-electron chi connectivity index (χ0n) is 14.0. The largest absolute Gasteiger partial charge is 0.338 e. The van der Waals surface area contributed by atoms with E-state index in [0.717, 1.165) is 25.2 Å². The Bertz CT molecular complexity index is 749. The smallest absolute Gasteiger partial charge is 0.226 e. The van der Waals surface area contributed by atoms with Crippen molar-refractivity contribution >= 4 is 5.91 Å². The Kier molecular flexibility index (Phi) is 3.97. The van der Waals surface area contributed by atoms with Crippen LogP contribution in [0.5, 0.6) is 0 Å². The molecule has 24 heavy (non-hydrogen) atoms. The van der Waals surface area contributed by atoms with E-state index in [-0.39, 0.29) is 11.8 Å². The second-order valence-corrected chi connectivity index (χ2v) is 7.04. The average molecular weight is 321 g/mol. The molecular formula is C20H23N3O. The van der Waals surface area contributed by atoms with Gasteiger partial charge in [-0.05, 0) is 30.2 Å². The zero-order chi connectivity index (χ0) is 16.5. The van der Waals surface area contributed by atoms with Gasteiger partial charge in [0.25, 0.3) is 0 Å². The molecule has 1 aromatic heterocycles. The predicted octanol–water partition coefficient (Wildman–Crippen LogP) is 3.10. The van der Waals surface area contributed by atoms with Gasteiger partial charge in [-0.3, -0.25) is 4.79 Å². The van der Waals surface area contributed by atoms with E-state index in [1.807, 2.05) is 42.5 Å². The van der Waals surface area contributed by atoms with Crippen molar-refractivity contribution in [3.8, 4) is 0 Å². The van der Waals surface area contributed by atoms with Crippen molar-refractivity contribution in [3.05, 3.63) is 66.3 Å². The third kappa shape index (κ3) is 2.88. The van der Waals surface area contributed by atoms with Crippen molar-refractivity contribution in [1.29, 1.82) is 0 Å². The molecule has 2 bridgehead atoms. The number of allylic oxidation sites excluding steroid dienone is 2. The number of hydrogen-bond donors (Lipinski definition) is 0. The Balaban J connectivity index is 1.43. The molecule has 2 aromatic rings. The fraction of sp³-hybridized carbons (Fsp3) is 0.400. The van der Waals surface area contributed by atoms with Crippen LogP contribution in [-0.4, -0.2) is 27.4 Å². The zero-order valence-corrected chi connectivity index (χ0v) is 14.0. The standard InChI is InChI=1S/C20H23N3O/c1-22(20(24)18-12-16-7-8-17(18)11-16)14-19-21-9-10-23(19)13-15-5-3-2-4-6-15/h2-10,16-18H,11-14H2,1H3/t16-,17-,18-/m0/s1. The molecule has 0 N–H and O–H groups in total. The second-order valence-electron chi connectivity index (χ2n) is 7.04. The Morgan fingerprint density at radius 2 is 2.08 bits per heavy atom. The quantitative estimate of drug-likeness (QED) is 0.794. The van der Waals surface area contributed by atoms with Gasteiger partial charge in [-0.1, -0.05) is 42.5 Å². The molecule has 0 radical (unpaired) electrons. The van der Waals surface area contributed by atoms with Crippen LogP contribution in [0.15, 0.2) is 54.9 Å². The third-order valence-electron chi connectivity index (χ3n) is 5.35. The molecule has 1 heterocycles. The minimum Gasteiger partial charge on any atom is -0.338 e. The molecule has 0 unspecified atom stereocenters. The highest BCUT2D eigenvalue weighted by Crippen LogP contribution is 2.44. The lowest BCUT2D eigenvalue weighted by molar-refractivity contribution is -0.135. The first-order chi connectivity index (χ1) is 11.7. The van der Waals surface area contributed by atoms with E-state index in [9.17, 15) is 4.79 Å². The number of nitrogens with zero attached hydrogens (tertiary/aromatic N) is 3. The number of benzene rings is 1. The van der Waals surface area contributed by atoms with Crippen LogP contribution in [0.4, 0.5) is 0 Å². The van der Waals surface area contributed by atoms with Gasteiger partial charge in [0.1, 0.15) is 5.82 Å². The summed E-state index contributed by atoms with van der Waals surface area (Å²) in [5.74, 6) is 2.45. The van der Waals surface area contributed by atoms with Gasteiger partial charge in [0.05, 0.1) is 6.54 Å². The first-order valence-corrected chi connectivity index (χ1v) is 8.68. The van der Waals surface area contributed by atoms with Crippen LogP contribution in [0.3, 0.4) is 0 Å². The fourth-order valence-corrected chi connectivity index (χ4v) is 4.05.